The molecule has 6 aromatic heterocycles. The monoisotopic (exact) mass is 715 g/mol. The van der Waals surface area contributed by atoms with E-state index in [2.05, 4.69) is 139 Å². The van der Waals surface area contributed by atoms with Crippen LogP contribution in [0.3, 0.4) is 0 Å². The molecule has 1 amide bonds. The highest BCUT2D eigenvalue weighted by atomic mass is 16.4. The Morgan fingerprint density at radius 3 is 1.48 bits per heavy atom. The van der Waals surface area contributed by atoms with Crippen LogP contribution in [0, 0.1) is 0 Å². The maximum Gasteiger partial charge on any atom is 0.335 e. The molecule has 0 aliphatic heterocycles. The fourth-order valence-corrected chi connectivity index (χ4v) is 6.20. The van der Waals surface area contributed by atoms with Crippen molar-refractivity contribution in [2.24, 2.45) is 0 Å². The van der Waals surface area contributed by atoms with Gasteiger partial charge in [0.15, 0.2) is 75.8 Å². The summed E-state index contributed by atoms with van der Waals surface area (Å²) in [7, 11) is 0. The summed E-state index contributed by atoms with van der Waals surface area (Å²) in [5.41, 5.74) is 7.31. The number of aryl methyl sites for hydroxylation is 2. The van der Waals surface area contributed by atoms with E-state index in [1.807, 2.05) is 23.0 Å². The predicted octanol–water partition coefficient (Wildman–Crippen LogP) is 4.89. The summed E-state index contributed by atoms with van der Waals surface area (Å²) in [6.07, 6.45) is 20.8. The first-order valence-corrected chi connectivity index (χ1v) is 17.9. The van der Waals surface area contributed by atoms with Crippen LogP contribution in [-0.2, 0) is 26.2 Å². The van der Waals surface area contributed by atoms with E-state index in [9.17, 15) is 14.7 Å². The lowest BCUT2D eigenvalue weighted by Crippen LogP contribution is -2.40. The van der Waals surface area contributed by atoms with Gasteiger partial charge >= 0.3 is 5.97 Å². The lowest BCUT2D eigenvalue weighted by molar-refractivity contribution is -0.726. The summed E-state index contributed by atoms with van der Waals surface area (Å²) in [4.78, 5) is 32.6. The number of hydrogen-bond donors (Lipinski definition) is 2. The highest BCUT2D eigenvalue weighted by Crippen LogP contribution is 2.18. The van der Waals surface area contributed by atoms with E-state index in [4.69, 9.17) is 0 Å². The van der Waals surface area contributed by atoms with Crippen LogP contribution in [0.5, 0.6) is 0 Å². The second-order valence-electron chi connectivity index (χ2n) is 13.0. The highest BCUT2D eigenvalue weighted by molar-refractivity contribution is 5.95. The zero-order valence-corrected chi connectivity index (χ0v) is 29.8. The van der Waals surface area contributed by atoms with Crippen molar-refractivity contribution in [3.63, 3.8) is 0 Å². The Kier molecular flexibility index (Phi) is 11.2. The van der Waals surface area contributed by atoms with Crippen LogP contribution >= 0.6 is 0 Å². The van der Waals surface area contributed by atoms with Crippen molar-refractivity contribution >= 4 is 11.9 Å². The number of carboxylic acids is 1. The molecule has 0 aliphatic rings. The molecule has 10 heteroatoms. The van der Waals surface area contributed by atoms with Crippen LogP contribution < -0.4 is 23.6 Å². The molecule has 0 atom stereocenters. The Morgan fingerprint density at radius 2 is 0.981 bits per heavy atom. The number of benzene rings is 1. The maximum absolute atomic E-state index is 12.8. The zero-order chi connectivity index (χ0) is 37.1. The molecule has 0 saturated heterocycles. The number of nitrogens with zero attached hydrogens (tertiary/aromatic N) is 6. The molecule has 7 aromatic rings. The van der Waals surface area contributed by atoms with E-state index >= 15 is 0 Å². The fourth-order valence-electron chi connectivity index (χ4n) is 6.20. The molecular formula is C44H41N7O3+4. The van der Waals surface area contributed by atoms with Crippen molar-refractivity contribution in [1.82, 2.24) is 15.3 Å². The molecule has 7 rings (SSSR count). The third kappa shape index (κ3) is 9.29. The summed E-state index contributed by atoms with van der Waals surface area (Å²) in [6, 6.07) is 33.7. The van der Waals surface area contributed by atoms with Crippen LogP contribution in [0.15, 0.2) is 165 Å². The Balaban J connectivity index is 0.846. The van der Waals surface area contributed by atoms with Gasteiger partial charge in [-0.3, -0.25) is 14.8 Å². The number of hydrogen-bond acceptors (Lipinski definition) is 4. The van der Waals surface area contributed by atoms with Crippen molar-refractivity contribution < 1.29 is 33.0 Å². The molecule has 0 unspecified atom stereocenters. The lowest BCUT2D eigenvalue weighted by atomic mass is 10.1. The number of pyridine rings is 6. The van der Waals surface area contributed by atoms with Gasteiger partial charge in [0.25, 0.3) is 5.91 Å². The van der Waals surface area contributed by atoms with Crippen LogP contribution in [0.25, 0.3) is 33.6 Å². The van der Waals surface area contributed by atoms with Gasteiger partial charge in [-0.25, -0.2) is 23.1 Å². The molecule has 0 radical (unpaired) electrons. The lowest BCUT2D eigenvalue weighted by Gasteiger charge is -2.06. The molecule has 6 heterocycles. The van der Waals surface area contributed by atoms with Crippen molar-refractivity contribution in [2.45, 2.75) is 32.6 Å². The molecule has 2 N–H and O–H groups in total. The third-order valence-electron chi connectivity index (χ3n) is 9.22. The van der Waals surface area contributed by atoms with Gasteiger partial charge in [-0.2, -0.15) is 0 Å². The van der Waals surface area contributed by atoms with Crippen LogP contribution in [-0.4, -0.2) is 33.5 Å². The first-order valence-electron chi connectivity index (χ1n) is 17.9. The highest BCUT2D eigenvalue weighted by Gasteiger charge is 2.13. The minimum Gasteiger partial charge on any atom is -0.478 e. The molecular weight excluding hydrogens is 675 g/mol. The second-order valence-corrected chi connectivity index (χ2v) is 13.0. The van der Waals surface area contributed by atoms with Crippen molar-refractivity contribution in [3.8, 4) is 33.6 Å². The molecule has 0 aliphatic carbocycles. The SMILES string of the molecule is O=C(O)c1ccnc(-c2cc(C(=O)NCC[n+]3ccc(-c4cc[n+](CCC[n+]5ccc(-c6cc[n+](Cc7ccccc7)cc6)cc5)cc4)cc3)ccn2)c1. The maximum atomic E-state index is 12.8. The van der Waals surface area contributed by atoms with Gasteiger partial charge < -0.3 is 10.4 Å². The molecule has 54 heavy (non-hydrogen) atoms. The Labute approximate surface area is 314 Å². The molecule has 0 fully saturated rings. The van der Waals surface area contributed by atoms with E-state index in [1.54, 1.807) is 12.1 Å². The Bertz CT molecular complexity index is 2330. The standard InChI is InChI=1S/C44H39N7O3/c52-43(39-7-17-45-41(31-39)42-32-40(44(53)54)8-18-46-42)47-19-30-50-26-13-37(14-27-50)35-9-22-48(23-10-35)20-4-21-49-24-11-36(12-25-49)38-15-28-51(29-16-38)33-34-5-2-1-3-6-34/h1-3,5-18,22-29,31-32H,4,19-21,30,33H2/q+2/p+2. The first kappa shape index (κ1) is 35.5. The number of amides is 1. The average molecular weight is 716 g/mol. The number of carbonyl (C=O) groups is 2. The molecule has 10 nitrogen and oxygen atoms in total. The third-order valence-corrected chi connectivity index (χ3v) is 9.22. The Morgan fingerprint density at radius 1 is 0.537 bits per heavy atom. The smallest absolute Gasteiger partial charge is 0.335 e. The fraction of sp³-hybridized carbons (Fsp3) is 0.136. The van der Waals surface area contributed by atoms with E-state index in [0.717, 1.165) is 37.2 Å². The summed E-state index contributed by atoms with van der Waals surface area (Å²) in [5.74, 6) is -1.29. The largest absolute Gasteiger partial charge is 0.478 e. The second kappa shape index (κ2) is 17.1. The van der Waals surface area contributed by atoms with Crippen LogP contribution in [0.2, 0.25) is 0 Å². The number of aromatic nitrogens is 6. The molecule has 1 aromatic carbocycles. The van der Waals surface area contributed by atoms with E-state index in [-0.39, 0.29) is 11.5 Å². The topological polar surface area (TPSA) is 108 Å². The molecule has 0 spiro atoms. The number of aromatic carboxylic acids is 1. The van der Waals surface area contributed by atoms with Gasteiger partial charge in [0.05, 0.1) is 29.9 Å². The molecule has 266 valence electrons. The minimum atomic E-state index is -1.05. The predicted molar refractivity (Wildman–Crippen MR) is 201 cm³/mol. The minimum absolute atomic E-state index is 0.108. The van der Waals surface area contributed by atoms with Crippen molar-refractivity contribution in [2.75, 3.05) is 6.54 Å². The van der Waals surface area contributed by atoms with Gasteiger partial charge in [-0.05, 0) is 46.5 Å². The number of rotatable bonds is 14. The van der Waals surface area contributed by atoms with Gasteiger partial charge in [0, 0.05) is 72.1 Å². The van der Waals surface area contributed by atoms with Gasteiger partial charge in [0.2, 0.25) is 0 Å². The van der Waals surface area contributed by atoms with E-state index in [0.29, 0.717) is 30.0 Å². The van der Waals surface area contributed by atoms with Crippen molar-refractivity contribution in [1.29, 1.82) is 0 Å². The van der Waals surface area contributed by atoms with Crippen molar-refractivity contribution in [3.05, 3.63) is 182 Å². The zero-order valence-electron chi connectivity index (χ0n) is 29.8. The summed E-state index contributed by atoms with van der Waals surface area (Å²) >= 11 is 0. The molecule has 0 saturated carbocycles. The average Bonchev–Trinajstić information content (AvgIpc) is 3.22. The van der Waals surface area contributed by atoms with Crippen LogP contribution in [0.1, 0.15) is 32.7 Å². The number of carbonyl (C=O) groups excluding carboxylic acids is 1. The van der Waals surface area contributed by atoms with Gasteiger partial charge in [0.1, 0.15) is 0 Å². The van der Waals surface area contributed by atoms with Gasteiger partial charge in [-0.15, -0.1) is 0 Å². The summed E-state index contributed by atoms with van der Waals surface area (Å²) < 4.78 is 8.68. The molecule has 0 bridgehead atoms. The first-order chi connectivity index (χ1) is 26.5. The normalized spacial score (nSPS) is 10.9. The summed E-state index contributed by atoms with van der Waals surface area (Å²) in [5, 5.41) is 12.2. The van der Waals surface area contributed by atoms with E-state index < -0.39 is 5.97 Å². The number of nitrogens with one attached hydrogen (secondary N) is 1. The van der Waals surface area contributed by atoms with Gasteiger partial charge in [-0.1, -0.05) is 30.3 Å². The number of carboxylic acid groups (broad SMARTS) is 1. The quantitative estimate of drug-likeness (QED) is 0.156. The van der Waals surface area contributed by atoms with E-state index in [1.165, 1.54) is 41.2 Å². The summed E-state index contributed by atoms with van der Waals surface area (Å²) in [6.45, 7) is 3.75. The van der Waals surface area contributed by atoms with Crippen LogP contribution in [0.4, 0.5) is 0 Å². The Hall–Kier alpha value is -6.94.